The molecule has 0 aliphatic carbocycles. The van der Waals surface area contributed by atoms with E-state index in [9.17, 15) is 17.6 Å². The first-order valence-corrected chi connectivity index (χ1v) is 12.8. The molecule has 1 amide bonds. The van der Waals surface area contributed by atoms with E-state index < -0.39 is 15.7 Å². The summed E-state index contributed by atoms with van der Waals surface area (Å²) in [7, 11) is -3.15. The zero-order chi connectivity index (χ0) is 22.7. The number of carbonyl (C=O) groups is 1. The number of amides is 1. The van der Waals surface area contributed by atoms with Gasteiger partial charge in [-0.3, -0.25) is 4.79 Å². The Kier molecular flexibility index (Phi) is 6.47. The van der Waals surface area contributed by atoms with Crippen LogP contribution in [0.5, 0.6) is 0 Å². The number of rotatable bonds is 7. The number of nitrogens with zero attached hydrogens (tertiary/aromatic N) is 4. The highest BCUT2D eigenvalue weighted by Crippen LogP contribution is 2.25. The molecule has 2 aromatic carbocycles. The van der Waals surface area contributed by atoms with E-state index in [1.807, 2.05) is 30.3 Å². The zero-order valence-corrected chi connectivity index (χ0v) is 18.7. The standard InChI is InChI=1S/C21H22FN5O3S2/c22-17-8-4-7-16(11-17)20-24-25-21(27(20)23)31-13-19(28)26(12-15-5-2-1-3-6-15)18-9-10-32(29,30)14-18/h1-8,11,18H,9-10,12-14,23H2. The largest absolute Gasteiger partial charge is 0.335 e. The fourth-order valence-corrected chi connectivity index (χ4v) is 6.10. The van der Waals surface area contributed by atoms with Crippen molar-refractivity contribution in [2.75, 3.05) is 23.1 Å². The molecule has 1 atom stereocenters. The quantitative estimate of drug-likeness (QED) is 0.411. The van der Waals surface area contributed by atoms with E-state index in [1.54, 1.807) is 17.0 Å². The first kappa shape index (κ1) is 22.3. The minimum absolute atomic E-state index is 0.0157. The van der Waals surface area contributed by atoms with Crippen molar-refractivity contribution < 1.29 is 17.6 Å². The summed E-state index contributed by atoms with van der Waals surface area (Å²) in [6.07, 6.45) is 0.419. The van der Waals surface area contributed by atoms with Gasteiger partial charge < -0.3 is 10.7 Å². The van der Waals surface area contributed by atoms with Gasteiger partial charge in [0, 0.05) is 18.2 Å². The highest BCUT2D eigenvalue weighted by Gasteiger charge is 2.34. The number of benzene rings is 2. The van der Waals surface area contributed by atoms with Crippen molar-refractivity contribution in [2.45, 2.75) is 24.2 Å². The third kappa shape index (κ3) is 5.10. The second kappa shape index (κ2) is 9.29. The van der Waals surface area contributed by atoms with Gasteiger partial charge in [0.1, 0.15) is 5.82 Å². The van der Waals surface area contributed by atoms with E-state index in [1.165, 1.54) is 16.8 Å². The van der Waals surface area contributed by atoms with Gasteiger partial charge in [0.15, 0.2) is 15.7 Å². The van der Waals surface area contributed by atoms with Crippen LogP contribution >= 0.6 is 11.8 Å². The molecule has 1 fully saturated rings. The molecule has 32 heavy (non-hydrogen) atoms. The highest BCUT2D eigenvalue weighted by atomic mass is 32.2. The van der Waals surface area contributed by atoms with Gasteiger partial charge in [-0.15, -0.1) is 10.2 Å². The van der Waals surface area contributed by atoms with Crippen LogP contribution in [0.2, 0.25) is 0 Å². The van der Waals surface area contributed by atoms with Crippen molar-refractivity contribution in [3.8, 4) is 11.4 Å². The van der Waals surface area contributed by atoms with Gasteiger partial charge in [0.05, 0.1) is 17.3 Å². The van der Waals surface area contributed by atoms with Gasteiger partial charge in [-0.05, 0) is 24.1 Å². The minimum Gasteiger partial charge on any atom is -0.335 e. The third-order valence-corrected chi connectivity index (χ3v) is 7.92. The predicted octanol–water partition coefficient (Wildman–Crippen LogP) is 2.11. The van der Waals surface area contributed by atoms with Gasteiger partial charge in [0.2, 0.25) is 11.1 Å². The van der Waals surface area contributed by atoms with E-state index >= 15 is 0 Å². The van der Waals surface area contributed by atoms with Gasteiger partial charge in [-0.2, -0.15) is 0 Å². The van der Waals surface area contributed by atoms with Crippen LogP contribution in [-0.4, -0.2) is 57.4 Å². The van der Waals surface area contributed by atoms with E-state index in [2.05, 4.69) is 10.2 Å². The maximum absolute atomic E-state index is 13.5. The maximum atomic E-state index is 13.5. The summed E-state index contributed by atoms with van der Waals surface area (Å²) in [5, 5.41) is 8.33. The number of hydrogen-bond acceptors (Lipinski definition) is 7. The maximum Gasteiger partial charge on any atom is 0.233 e. The first-order valence-electron chi connectivity index (χ1n) is 9.95. The average Bonchev–Trinajstić information content (AvgIpc) is 3.32. The van der Waals surface area contributed by atoms with E-state index in [0.29, 0.717) is 23.7 Å². The molecule has 1 aliphatic heterocycles. The van der Waals surface area contributed by atoms with Crippen LogP contribution in [0, 0.1) is 5.82 Å². The van der Waals surface area contributed by atoms with E-state index in [4.69, 9.17) is 5.84 Å². The lowest BCUT2D eigenvalue weighted by Gasteiger charge is -2.28. The molecule has 3 aromatic rings. The topological polar surface area (TPSA) is 111 Å². The van der Waals surface area contributed by atoms with Gasteiger partial charge in [-0.25, -0.2) is 17.5 Å². The summed E-state index contributed by atoms with van der Waals surface area (Å²) in [4.78, 5) is 14.7. The molecule has 8 nitrogen and oxygen atoms in total. The first-order chi connectivity index (χ1) is 15.3. The molecular weight excluding hydrogens is 453 g/mol. The molecule has 4 rings (SSSR count). The lowest BCUT2D eigenvalue weighted by atomic mass is 10.1. The summed E-state index contributed by atoms with van der Waals surface area (Å²) < 4.78 is 38.7. The molecule has 0 bridgehead atoms. The molecule has 1 saturated heterocycles. The molecular formula is C21H22FN5O3S2. The molecule has 11 heteroatoms. The van der Waals surface area contributed by atoms with Gasteiger partial charge >= 0.3 is 0 Å². The summed E-state index contributed by atoms with van der Waals surface area (Å²) in [5.74, 6) is 5.78. The second-order valence-electron chi connectivity index (χ2n) is 7.54. The normalized spacial score (nSPS) is 17.3. The van der Waals surface area contributed by atoms with E-state index in [0.717, 1.165) is 17.3 Å². The van der Waals surface area contributed by atoms with Crippen LogP contribution in [0.25, 0.3) is 11.4 Å². The Balaban J connectivity index is 1.49. The van der Waals surface area contributed by atoms with Gasteiger partial charge in [-0.1, -0.05) is 54.2 Å². The minimum atomic E-state index is -3.15. The van der Waals surface area contributed by atoms with E-state index in [-0.39, 0.29) is 35.0 Å². The summed E-state index contributed by atoms with van der Waals surface area (Å²) in [6, 6.07) is 14.9. The van der Waals surface area contributed by atoms with Crippen LogP contribution in [0.15, 0.2) is 59.8 Å². The lowest BCUT2D eigenvalue weighted by molar-refractivity contribution is -0.130. The van der Waals surface area contributed by atoms with Gasteiger partial charge in [0.25, 0.3) is 0 Å². The Morgan fingerprint density at radius 1 is 1.19 bits per heavy atom. The van der Waals surface area contributed by atoms with Crippen molar-refractivity contribution >= 4 is 27.5 Å². The molecule has 2 heterocycles. The Labute approximate surface area is 189 Å². The molecule has 0 spiro atoms. The number of carbonyl (C=O) groups excluding carboxylic acids is 1. The molecule has 1 aromatic heterocycles. The summed E-state index contributed by atoms with van der Waals surface area (Å²) >= 11 is 1.10. The number of thioether (sulfide) groups is 1. The zero-order valence-electron chi connectivity index (χ0n) is 17.1. The number of nitrogens with two attached hydrogens (primary N) is 1. The van der Waals surface area contributed by atoms with Crippen LogP contribution in [0.4, 0.5) is 4.39 Å². The monoisotopic (exact) mass is 475 g/mol. The molecule has 168 valence electrons. The number of hydrogen-bond donors (Lipinski definition) is 1. The Morgan fingerprint density at radius 2 is 1.97 bits per heavy atom. The average molecular weight is 476 g/mol. The SMILES string of the molecule is Nn1c(SCC(=O)N(Cc2ccccc2)C2CCS(=O)(=O)C2)nnc1-c1cccc(F)c1. The smallest absolute Gasteiger partial charge is 0.233 e. The van der Waals surface area contributed by atoms with Crippen molar-refractivity contribution in [3.05, 3.63) is 66.0 Å². The Morgan fingerprint density at radius 3 is 2.66 bits per heavy atom. The molecule has 1 unspecified atom stereocenters. The fraction of sp³-hybridized carbons (Fsp3) is 0.286. The third-order valence-electron chi connectivity index (χ3n) is 5.24. The van der Waals surface area contributed by atoms with Crippen molar-refractivity contribution in [1.29, 1.82) is 0 Å². The highest BCUT2D eigenvalue weighted by molar-refractivity contribution is 7.99. The summed E-state index contributed by atoms with van der Waals surface area (Å²) in [6.45, 7) is 0.324. The Bertz CT molecular complexity index is 1220. The van der Waals surface area contributed by atoms with Crippen molar-refractivity contribution in [1.82, 2.24) is 19.8 Å². The van der Waals surface area contributed by atoms with Crippen LogP contribution in [0.3, 0.4) is 0 Å². The molecule has 1 aliphatic rings. The van der Waals surface area contributed by atoms with Crippen molar-refractivity contribution in [3.63, 3.8) is 0 Å². The fourth-order valence-electron chi connectivity index (χ4n) is 3.63. The molecule has 2 N–H and O–H groups in total. The number of sulfone groups is 1. The van der Waals surface area contributed by atoms with Crippen LogP contribution in [-0.2, 0) is 21.2 Å². The van der Waals surface area contributed by atoms with Crippen LogP contribution in [0.1, 0.15) is 12.0 Å². The van der Waals surface area contributed by atoms with Crippen LogP contribution < -0.4 is 5.84 Å². The number of aromatic nitrogens is 3. The summed E-state index contributed by atoms with van der Waals surface area (Å²) in [5.41, 5.74) is 1.39. The predicted molar refractivity (Wildman–Crippen MR) is 120 cm³/mol. The Hall–Kier alpha value is -2.92. The number of halogens is 1. The number of nitrogen functional groups attached to an aromatic ring is 1. The molecule has 0 saturated carbocycles. The van der Waals surface area contributed by atoms with Crippen molar-refractivity contribution in [2.24, 2.45) is 0 Å². The lowest BCUT2D eigenvalue weighted by Crippen LogP contribution is -2.41. The second-order valence-corrected chi connectivity index (χ2v) is 10.7. The molecule has 0 radical (unpaired) electrons.